The van der Waals surface area contributed by atoms with Gasteiger partial charge in [-0.15, -0.1) is 22.7 Å². The van der Waals surface area contributed by atoms with Gasteiger partial charge < -0.3 is 14.8 Å². The monoisotopic (exact) mass is 395 g/mol. The fourth-order valence-electron chi connectivity index (χ4n) is 2.26. The molecule has 0 aromatic carbocycles. The number of rotatable bonds is 8. The van der Waals surface area contributed by atoms with E-state index in [0.29, 0.717) is 27.8 Å². The number of carbonyl (C=O) groups is 3. The average molecular weight is 396 g/mol. The fourth-order valence-corrected chi connectivity index (χ4v) is 3.86. The lowest BCUT2D eigenvalue weighted by Gasteiger charge is -2.10. The number of hydrogen-bond acceptors (Lipinski definition) is 7. The highest BCUT2D eigenvalue weighted by atomic mass is 32.1. The van der Waals surface area contributed by atoms with E-state index in [1.165, 1.54) is 22.7 Å². The van der Waals surface area contributed by atoms with Gasteiger partial charge in [-0.3, -0.25) is 4.79 Å². The van der Waals surface area contributed by atoms with E-state index in [0.717, 1.165) is 5.56 Å². The Morgan fingerprint density at radius 3 is 2.54 bits per heavy atom. The van der Waals surface area contributed by atoms with E-state index in [-0.39, 0.29) is 6.61 Å². The van der Waals surface area contributed by atoms with Crippen LogP contribution in [0.4, 0.5) is 5.00 Å². The summed E-state index contributed by atoms with van der Waals surface area (Å²) in [5, 5.41) is 6.66. The van der Waals surface area contributed by atoms with Crippen molar-refractivity contribution in [2.45, 2.75) is 27.2 Å². The van der Waals surface area contributed by atoms with Crippen LogP contribution in [-0.4, -0.2) is 31.1 Å². The lowest BCUT2D eigenvalue weighted by Crippen LogP contribution is -2.21. The average Bonchev–Trinajstić information content (AvgIpc) is 3.23. The maximum atomic E-state index is 12.3. The molecule has 8 heteroatoms. The van der Waals surface area contributed by atoms with E-state index < -0.39 is 24.5 Å². The van der Waals surface area contributed by atoms with Crippen molar-refractivity contribution in [1.29, 1.82) is 0 Å². The Kier molecular flexibility index (Phi) is 7.35. The van der Waals surface area contributed by atoms with Gasteiger partial charge in [0.05, 0.1) is 12.2 Å². The Balaban J connectivity index is 2.05. The number of ether oxygens (including phenoxy) is 2. The molecule has 2 rings (SSSR count). The summed E-state index contributed by atoms with van der Waals surface area (Å²) >= 11 is 2.50. The number of hydrogen-bond donors (Lipinski definition) is 1. The second-order valence-corrected chi connectivity index (χ2v) is 7.71. The maximum Gasteiger partial charge on any atom is 0.348 e. The van der Waals surface area contributed by atoms with E-state index in [1.807, 2.05) is 5.38 Å². The van der Waals surface area contributed by atoms with Crippen molar-refractivity contribution in [2.75, 3.05) is 18.5 Å². The number of carbonyl (C=O) groups excluding carboxylic acids is 3. The molecule has 0 aliphatic rings. The normalized spacial score (nSPS) is 10.6. The van der Waals surface area contributed by atoms with E-state index in [2.05, 4.69) is 19.2 Å². The largest absolute Gasteiger partial charge is 0.462 e. The molecule has 0 aliphatic carbocycles. The van der Waals surface area contributed by atoms with Gasteiger partial charge in [0.15, 0.2) is 6.61 Å². The van der Waals surface area contributed by atoms with Crippen molar-refractivity contribution in [3.8, 4) is 0 Å². The SMILES string of the molecule is CCOC(=O)c1c(CC(C)C)csc1NC(=O)COC(=O)c1cccs1. The summed E-state index contributed by atoms with van der Waals surface area (Å²) in [5.74, 6) is -1.16. The Bertz CT molecular complexity index is 765. The van der Waals surface area contributed by atoms with Gasteiger partial charge in [-0.2, -0.15) is 0 Å². The fraction of sp³-hybridized carbons (Fsp3) is 0.389. The molecule has 1 N–H and O–H groups in total. The first kappa shape index (κ1) is 20.1. The maximum absolute atomic E-state index is 12.3. The van der Waals surface area contributed by atoms with Gasteiger partial charge in [-0.1, -0.05) is 19.9 Å². The van der Waals surface area contributed by atoms with Gasteiger partial charge in [0.2, 0.25) is 0 Å². The minimum atomic E-state index is -0.549. The molecule has 1 amide bonds. The molecule has 0 saturated carbocycles. The zero-order valence-corrected chi connectivity index (χ0v) is 16.5. The van der Waals surface area contributed by atoms with Crippen molar-refractivity contribution in [3.63, 3.8) is 0 Å². The Morgan fingerprint density at radius 1 is 1.15 bits per heavy atom. The molecule has 0 saturated heterocycles. The van der Waals surface area contributed by atoms with E-state index in [9.17, 15) is 14.4 Å². The topological polar surface area (TPSA) is 81.7 Å². The molecular formula is C18H21NO5S2. The van der Waals surface area contributed by atoms with Gasteiger partial charge in [0.25, 0.3) is 5.91 Å². The number of amides is 1. The van der Waals surface area contributed by atoms with E-state index >= 15 is 0 Å². The molecule has 0 spiro atoms. The number of anilines is 1. The summed E-state index contributed by atoms with van der Waals surface area (Å²) in [6.07, 6.45) is 0.702. The first-order valence-electron chi connectivity index (χ1n) is 8.20. The molecule has 0 unspecified atom stereocenters. The molecule has 2 aromatic heterocycles. The third-order valence-electron chi connectivity index (χ3n) is 3.28. The molecule has 0 bridgehead atoms. The summed E-state index contributed by atoms with van der Waals surface area (Å²) < 4.78 is 10.1. The molecule has 0 atom stereocenters. The summed E-state index contributed by atoms with van der Waals surface area (Å²) in [5.41, 5.74) is 1.22. The highest BCUT2D eigenvalue weighted by molar-refractivity contribution is 7.15. The van der Waals surface area contributed by atoms with Crippen LogP contribution in [0.3, 0.4) is 0 Å². The van der Waals surface area contributed by atoms with Crippen molar-refractivity contribution in [3.05, 3.63) is 38.9 Å². The Morgan fingerprint density at radius 2 is 1.92 bits per heavy atom. The summed E-state index contributed by atoms with van der Waals surface area (Å²) in [7, 11) is 0. The van der Waals surface area contributed by atoms with Gasteiger partial charge in [0, 0.05) is 0 Å². The summed E-state index contributed by atoms with van der Waals surface area (Å²) in [6.45, 7) is 5.66. The van der Waals surface area contributed by atoms with Crippen LogP contribution in [0, 0.1) is 5.92 Å². The number of esters is 2. The smallest absolute Gasteiger partial charge is 0.348 e. The second kappa shape index (κ2) is 9.49. The zero-order chi connectivity index (χ0) is 19.1. The number of thiophene rings is 2. The van der Waals surface area contributed by atoms with Crippen LogP contribution in [0.2, 0.25) is 0 Å². The van der Waals surface area contributed by atoms with Crippen LogP contribution in [0.1, 0.15) is 46.4 Å². The first-order valence-corrected chi connectivity index (χ1v) is 9.96. The van der Waals surface area contributed by atoms with Crippen molar-refractivity contribution >= 4 is 45.5 Å². The van der Waals surface area contributed by atoms with Crippen LogP contribution in [0.15, 0.2) is 22.9 Å². The second-order valence-electron chi connectivity index (χ2n) is 5.89. The summed E-state index contributed by atoms with van der Waals surface area (Å²) in [6, 6.07) is 3.36. The van der Waals surface area contributed by atoms with E-state index in [1.54, 1.807) is 24.4 Å². The standard InChI is InChI=1S/C18H21NO5S2/c1-4-23-18(22)15-12(8-11(2)3)10-26-16(15)19-14(20)9-24-17(21)13-6-5-7-25-13/h5-7,10-11H,4,8-9H2,1-3H3,(H,19,20). The third-order valence-corrected chi connectivity index (χ3v) is 5.08. The Labute approximate surface area is 160 Å². The molecule has 0 fully saturated rings. The molecule has 2 aromatic rings. The molecule has 2 heterocycles. The van der Waals surface area contributed by atoms with Crippen LogP contribution in [0.5, 0.6) is 0 Å². The Hall–Kier alpha value is -2.19. The molecule has 26 heavy (non-hydrogen) atoms. The van der Waals surface area contributed by atoms with Crippen molar-refractivity contribution in [2.24, 2.45) is 5.92 Å². The first-order chi connectivity index (χ1) is 12.4. The minimum absolute atomic E-state index is 0.252. The van der Waals surface area contributed by atoms with Crippen LogP contribution in [0.25, 0.3) is 0 Å². The third kappa shape index (κ3) is 5.40. The molecule has 140 valence electrons. The molecular weight excluding hydrogens is 374 g/mol. The quantitative estimate of drug-likeness (QED) is 0.684. The van der Waals surface area contributed by atoms with Gasteiger partial charge in [-0.25, -0.2) is 9.59 Å². The van der Waals surface area contributed by atoms with Crippen LogP contribution < -0.4 is 5.32 Å². The highest BCUT2D eigenvalue weighted by Crippen LogP contribution is 2.31. The predicted molar refractivity (Wildman–Crippen MR) is 102 cm³/mol. The molecule has 0 aliphatic heterocycles. The van der Waals surface area contributed by atoms with Crippen LogP contribution >= 0.6 is 22.7 Å². The van der Waals surface area contributed by atoms with Gasteiger partial charge in [0.1, 0.15) is 9.88 Å². The number of nitrogens with one attached hydrogen (secondary N) is 1. The zero-order valence-electron chi connectivity index (χ0n) is 14.9. The minimum Gasteiger partial charge on any atom is -0.462 e. The summed E-state index contributed by atoms with van der Waals surface area (Å²) in [4.78, 5) is 36.6. The van der Waals surface area contributed by atoms with Crippen LogP contribution in [-0.2, 0) is 20.7 Å². The lowest BCUT2D eigenvalue weighted by molar-refractivity contribution is -0.119. The highest BCUT2D eigenvalue weighted by Gasteiger charge is 2.22. The van der Waals surface area contributed by atoms with Gasteiger partial charge >= 0.3 is 11.9 Å². The lowest BCUT2D eigenvalue weighted by atomic mass is 10.0. The van der Waals surface area contributed by atoms with Crippen molar-refractivity contribution in [1.82, 2.24) is 0 Å². The molecule has 6 nitrogen and oxygen atoms in total. The predicted octanol–water partition coefficient (Wildman–Crippen LogP) is 3.98. The van der Waals surface area contributed by atoms with Crippen molar-refractivity contribution < 1.29 is 23.9 Å². The van der Waals surface area contributed by atoms with E-state index in [4.69, 9.17) is 9.47 Å². The van der Waals surface area contributed by atoms with Gasteiger partial charge in [-0.05, 0) is 41.7 Å². The molecule has 0 radical (unpaired) electrons.